The van der Waals surface area contributed by atoms with Crippen LogP contribution in [0.5, 0.6) is 0 Å². The van der Waals surface area contributed by atoms with E-state index in [2.05, 4.69) is 189 Å². The zero-order chi connectivity index (χ0) is 32.8. The second-order valence-electron chi connectivity index (χ2n) is 13.3. The molecular formula is C46H40N2. The summed E-state index contributed by atoms with van der Waals surface area (Å²) in [4.78, 5) is 4.97. The third kappa shape index (κ3) is 5.34. The third-order valence-electron chi connectivity index (χ3n) is 9.83. The van der Waals surface area contributed by atoms with Gasteiger partial charge in [0.1, 0.15) is 0 Å². The first-order valence-electron chi connectivity index (χ1n) is 17.0. The second kappa shape index (κ2) is 12.2. The van der Waals surface area contributed by atoms with E-state index in [1.54, 1.807) is 0 Å². The molecule has 0 spiro atoms. The first-order chi connectivity index (χ1) is 23.4. The van der Waals surface area contributed by atoms with Gasteiger partial charge in [-0.1, -0.05) is 125 Å². The minimum Gasteiger partial charge on any atom is -0.334 e. The first-order valence-corrected chi connectivity index (χ1v) is 17.0. The number of anilines is 5. The maximum absolute atomic E-state index is 2.55. The Morgan fingerprint density at radius 3 is 1.38 bits per heavy atom. The van der Waals surface area contributed by atoms with Gasteiger partial charge in [0.25, 0.3) is 0 Å². The van der Waals surface area contributed by atoms with Gasteiger partial charge in [-0.05, 0) is 104 Å². The zero-order valence-electron chi connectivity index (χ0n) is 28.1. The smallest absolute Gasteiger partial charge is 0.0560 e. The van der Waals surface area contributed by atoms with Crippen molar-refractivity contribution in [3.8, 4) is 0 Å². The lowest BCUT2D eigenvalue weighted by molar-refractivity contribution is 0.782. The number of nitrogens with zero attached hydrogens (tertiary/aromatic N) is 2. The lowest BCUT2D eigenvalue weighted by Gasteiger charge is -2.34. The van der Waals surface area contributed by atoms with Crippen LogP contribution in [0, 0.1) is 20.8 Å². The monoisotopic (exact) mass is 620 g/mol. The summed E-state index contributed by atoms with van der Waals surface area (Å²) in [5, 5.41) is 7.51. The Labute approximate surface area is 283 Å². The molecule has 48 heavy (non-hydrogen) atoms. The van der Waals surface area contributed by atoms with Gasteiger partial charge in [-0.15, -0.1) is 0 Å². The van der Waals surface area contributed by atoms with Crippen LogP contribution in [0.3, 0.4) is 0 Å². The molecule has 0 aromatic heterocycles. The Hall–Kier alpha value is -5.60. The lowest BCUT2D eigenvalue weighted by atomic mass is 9.92. The highest BCUT2D eigenvalue weighted by molar-refractivity contribution is 6.24. The number of rotatable bonds is 6. The molecule has 0 saturated heterocycles. The van der Waals surface area contributed by atoms with E-state index in [0.29, 0.717) is 0 Å². The van der Waals surface area contributed by atoms with Crippen molar-refractivity contribution in [1.82, 2.24) is 0 Å². The summed E-state index contributed by atoms with van der Waals surface area (Å²) in [7, 11) is 0. The van der Waals surface area contributed by atoms with Crippen molar-refractivity contribution in [1.29, 1.82) is 0 Å². The normalized spacial score (nSPS) is 14.4. The summed E-state index contributed by atoms with van der Waals surface area (Å²) in [6, 6.07) is 49.7. The molecule has 8 rings (SSSR count). The molecule has 0 aliphatic heterocycles. The molecule has 0 N–H and O–H groups in total. The molecule has 0 radical (unpaired) electrons. The average Bonchev–Trinajstić information content (AvgIpc) is 3.12. The van der Waals surface area contributed by atoms with Crippen molar-refractivity contribution in [2.75, 3.05) is 9.80 Å². The van der Waals surface area contributed by atoms with E-state index < -0.39 is 0 Å². The summed E-state index contributed by atoms with van der Waals surface area (Å²) in [6.45, 7) is 8.64. The number of allylic oxidation sites excluding steroid dienone is 2. The van der Waals surface area contributed by atoms with Crippen molar-refractivity contribution >= 4 is 60.8 Å². The molecule has 0 heterocycles. The predicted octanol–water partition coefficient (Wildman–Crippen LogP) is 13.0. The topological polar surface area (TPSA) is 6.48 Å². The second-order valence-corrected chi connectivity index (χ2v) is 13.3. The van der Waals surface area contributed by atoms with Gasteiger partial charge in [-0.3, -0.25) is 0 Å². The molecule has 1 aliphatic carbocycles. The largest absolute Gasteiger partial charge is 0.334 e. The van der Waals surface area contributed by atoms with Crippen LogP contribution >= 0.6 is 0 Å². The molecular weight excluding hydrogens is 581 g/mol. The summed E-state index contributed by atoms with van der Waals surface area (Å²) in [5.74, 6) is 0. The number of fused-ring (bicyclic) bond motifs is 5. The number of hydrogen-bond acceptors (Lipinski definition) is 2. The minimum atomic E-state index is 0.210. The number of hydrogen-bond donors (Lipinski definition) is 0. The Bertz CT molecular complexity index is 2300. The van der Waals surface area contributed by atoms with E-state index in [-0.39, 0.29) is 6.04 Å². The van der Waals surface area contributed by atoms with E-state index in [9.17, 15) is 0 Å². The molecule has 0 amide bonds. The van der Waals surface area contributed by atoms with Gasteiger partial charge in [0.15, 0.2) is 0 Å². The van der Waals surface area contributed by atoms with Crippen LogP contribution in [0.15, 0.2) is 157 Å². The van der Waals surface area contributed by atoms with Crippen LogP contribution in [0.25, 0.3) is 32.3 Å². The predicted molar refractivity (Wildman–Crippen MR) is 208 cm³/mol. The van der Waals surface area contributed by atoms with Crippen LogP contribution in [0.1, 0.15) is 30.0 Å². The van der Waals surface area contributed by atoms with Gasteiger partial charge >= 0.3 is 0 Å². The molecule has 0 fully saturated rings. The van der Waals surface area contributed by atoms with Gasteiger partial charge in [-0.25, -0.2) is 0 Å². The molecule has 7 aromatic carbocycles. The highest BCUT2D eigenvalue weighted by atomic mass is 15.2. The number of benzene rings is 7. The van der Waals surface area contributed by atoms with E-state index in [1.807, 2.05) is 0 Å². The van der Waals surface area contributed by atoms with Crippen molar-refractivity contribution < 1.29 is 0 Å². The van der Waals surface area contributed by atoms with E-state index in [0.717, 1.165) is 17.8 Å². The average molecular weight is 621 g/mol. The zero-order valence-corrected chi connectivity index (χ0v) is 28.1. The van der Waals surface area contributed by atoms with Crippen LogP contribution < -0.4 is 9.80 Å². The third-order valence-corrected chi connectivity index (χ3v) is 9.83. The van der Waals surface area contributed by atoms with Gasteiger partial charge in [0, 0.05) is 27.8 Å². The molecule has 1 atom stereocenters. The highest BCUT2D eigenvalue weighted by Gasteiger charge is 2.24. The molecule has 2 heteroatoms. The SMILES string of the molecule is CC1=CCC(N(c2ccc(C)cc2)c2cc3c4ccccc4c(N(c4ccc(C)cc4)c4ccc(C)cc4)cc3c3ccccc23)C=C1. The van der Waals surface area contributed by atoms with Gasteiger partial charge < -0.3 is 9.80 Å². The lowest BCUT2D eigenvalue weighted by Crippen LogP contribution is -2.30. The molecule has 234 valence electrons. The maximum atomic E-state index is 2.55. The quantitative estimate of drug-likeness (QED) is 0.171. The fraction of sp³-hybridized carbons (Fsp3) is 0.130. The van der Waals surface area contributed by atoms with E-state index in [4.69, 9.17) is 0 Å². The minimum absolute atomic E-state index is 0.210. The van der Waals surface area contributed by atoms with E-state index >= 15 is 0 Å². The van der Waals surface area contributed by atoms with E-state index in [1.165, 1.54) is 71.6 Å². The van der Waals surface area contributed by atoms with Crippen molar-refractivity contribution in [3.63, 3.8) is 0 Å². The summed E-state index contributed by atoms with van der Waals surface area (Å²) in [6.07, 6.45) is 7.97. The van der Waals surface area contributed by atoms with Crippen LogP contribution in [0.4, 0.5) is 28.4 Å². The van der Waals surface area contributed by atoms with Gasteiger partial charge in [0.05, 0.1) is 17.4 Å². The van der Waals surface area contributed by atoms with Gasteiger partial charge in [-0.2, -0.15) is 0 Å². The fourth-order valence-electron chi connectivity index (χ4n) is 7.23. The van der Waals surface area contributed by atoms with Crippen molar-refractivity contribution in [2.45, 2.75) is 40.2 Å². The Morgan fingerprint density at radius 1 is 0.458 bits per heavy atom. The van der Waals surface area contributed by atoms with Crippen LogP contribution in [-0.4, -0.2) is 6.04 Å². The first kappa shape index (κ1) is 29.8. The summed E-state index contributed by atoms with van der Waals surface area (Å²) >= 11 is 0. The molecule has 0 bridgehead atoms. The number of aryl methyl sites for hydroxylation is 3. The van der Waals surface area contributed by atoms with Crippen molar-refractivity contribution in [3.05, 3.63) is 174 Å². The molecule has 1 aliphatic rings. The van der Waals surface area contributed by atoms with Crippen LogP contribution in [0.2, 0.25) is 0 Å². The molecule has 7 aromatic rings. The summed E-state index contributed by atoms with van der Waals surface area (Å²) < 4.78 is 0. The Balaban J connectivity index is 1.43. The summed E-state index contributed by atoms with van der Waals surface area (Å²) in [5.41, 5.74) is 11.0. The Morgan fingerprint density at radius 2 is 0.896 bits per heavy atom. The standard InChI is InChI=1S/C46H40N2/c1-31-13-21-35(22-14-31)47(36-23-15-32(2)16-24-36)45-29-43-40-10-6-8-12-42(40)46(30-44(43)39-9-5-7-11-41(39)45)48(37-25-17-33(3)18-26-37)38-27-19-34(4)20-28-38/h5-27,29-30,38H,28H2,1-4H3. The molecule has 2 nitrogen and oxygen atoms in total. The van der Waals surface area contributed by atoms with Crippen LogP contribution in [-0.2, 0) is 0 Å². The molecule has 1 unspecified atom stereocenters. The Kier molecular flexibility index (Phi) is 7.57. The van der Waals surface area contributed by atoms with Crippen molar-refractivity contribution in [2.24, 2.45) is 0 Å². The van der Waals surface area contributed by atoms with Gasteiger partial charge in [0.2, 0.25) is 0 Å². The highest BCUT2D eigenvalue weighted by Crippen LogP contribution is 2.47. The fourth-order valence-corrected chi connectivity index (χ4v) is 7.23. The molecule has 0 saturated carbocycles. The maximum Gasteiger partial charge on any atom is 0.0560 e.